The first-order chi connectivity index (χ1) is 8.72. The molecular weight excluding hydrogens is 265 g/mol. The summed E-state index contributed by atoms with van der Waals surface area (Å²) in [5.74, 6) is -4.65. The van der Waals surface area contributed by atoms with Crippen molar-refractivity contribution < 1.29 is 33.0 Å². The lowest BCUT2D eigenvalue weighted by Crippen LogP contribution is -2.36. The second-order valence-electron chi connectivity index (χ2n) is 4.59. The number of halogens is 3. The molecule has 0 atom stereocenters. The van der Waals surface area contributed by atoms with Gasteiger partial charge in [0.2, 0.25) is 0 Å². The van der Waals surface area contributed by atoms with Gasteiger partial charge in [-0.05, 0) is 29.9 Å². The van der Waals surface area contributed by atoms with Crippen molar-refractivity contribution in [1.29, 1.82) is 0 Å². The van der Waals surface area contributed by atoms with Crippen molar-refractivity contribution in [3.8, 4) is 0 Å². The number of rotatable bonds is 4. The summed E-state index contributed by atoms with van der Waals surface area (Å²) in [7, 11) is 0. The summed E-state index contributed by atoms with van der Waals surface area (Å²) in [5, 5.41) is 21.8. The minimum atomic E-state index is -4.80. The smallest absolute Gasteiger partial charge is 0.393 e. The predicted octanol–water partition coefficient (Wildman–Crippen LogP) is 0.315. The van der Waals surface area contributed by atoms with Gasteiger partial charge in [0.1, 0.15) is 0 Å². The molecule has 0 aromatic carbocycles. The SMILES string of the molecule is O=C([O-])C(CC(F)(F)F)=C(C(=O)[O-])C1CCCCC1. The van der Waals surface area contributed by atoms with E-state index in [2.05, 4.69) is 0 Å². The maximum Gasteiger partial charge on any atom is 0.393 e. The lowest BCUT2D eigenvalue weighted by atomic mass is 9.81. The van der Waals surface area contributed by atoms with Gasteiger partial charge < -0.3 is 19.8 Å². The van der Waals surface area contributed by atoms with Crippen LogP contribution in [0.25, 0.3) is 0 Å². The molecule has 0 N–H and O–H groups in total. The van der Waals surface area contributed by atoms with E-state index in [0.717, 1.165) is 6.42 Å². The van der Waals surface area contributed by atoms with E-state index < -0.39 is 41.6 Å². The van der Waals surface area contributed by atoms with E-state index in [1.807, 2.05) is 0 Å². The van der Waals surface area contributed by atoms with Crippen molar-refractivity contribution in [2.45, 2.75) is 44.7 Å². The molecule has 0 bridgehead atoms. The molecule has 4 nitrogen and oxygen atoms in total. The molecule has 0 aromatic heterocycles. The molecule has 7 heteroatoms. The second-order valence-corrected chi connectivity index (χ2v) is 4.59. The van der Waals surface area contributed by atoms with Crippen LogP contribution >= 0.6 is 0 Å². The summed E-state index contributed by atoms with van der Waals surface area (Å²) in [5.41, 5.74) is -1.96. The Hall–Kier alpha value is -1.53. The van der Waals surface area contributed by atoms with Crippen molar-refractivity contribution in [2.24, 2.45) is 5.92 Å². The average molecular weight is 278 g/mol. The third-order valence-corrected chi connectivity index (χ3v) is 3.18. The van der Waals surface area contributed by atoms with Crippen LogP contribution in [0.4, 0.5) is 13.2 Å². The normalized spacial score (nSPS) is 18.9. The van der Waals surface area contributed by atoms with E-state index in [1.165, 1.54) is 0 Å². The van der Waals surface area contributed by atoms with Gasteiger partial charge in [0, 0.05) is 0 Å². The molecule has 0 unspecified atom stereocenters. The highest BCUT2D eigenvalue weighted by Gasteiger charge is 2.32. The molecule has 1 aliphatic rings. The van der Waals surface area contributed by atoms with Gasteiger partial charge in [0.15, 0.2) is 0 Å². The van der Waals surface area contributed by atoms with Crippen LogP contribution in [-0.2, 0) is 9.59 Å². The lowest BCUT2D eigenvalue weighted by Gasteiger charge is -2.28. The Labute approximate surface area is 107 Å². The Bertz CT molecular complexity index is 392. The number of alkyl halides is 3. The zero-order valence-corrected chi connectivity index (χ0v) is 10.1. The second kappa shape index (κ2) is 6.08. The van der Waals surface area contributed by atoms with Crippen LogP contribution in [0.3, 0.4) is 0 Å². The third kappa shape index (κ3) is 4.57. The van der Waals surface area contributed by atoms with Gasteiger partial charge >= 0.3 is 6.18 Å². The van der Waals surface area contributed by atoms with E-state index in [-0.39, 0.29) is 0 Å². The highest BCUT2D eigenvalue weighted by Crippen LogP contribution is 2.34. The fourth-order valence-corrected chi connectivity index (χ4v) is 2.41. The predicted molar refractivity (Wildman–Crippen MR) is 54.3 cm³/mol. The average Bonchev–Trinajstić information content (AvgIpc) is 2.27. The Kier molecular flexibility index (Phi) is 4.97. The zero-order chi connectivity index (χ0) is 14.6. The van der Waals surface area contributed by atoms with Gasteiger partial charge in [-0.15, -0.1) is 0 Å². The largest absolute Gasteiger partial charge is 0.545 e. The van der Waals surface area contributed by atoms with E-state index in [1.54, 1.807) is 0 Å². The van der Waals surface area contributed by atoms with Crippen LogP contribution in [0.1, 0.15) is 38.5 Å². The van der Waals surface area contributed by atoms with Crippen LogP contribution in [0.15, 0.2) is 11.1 Å². The highest BCUT2D eigenvalue weighted by molar-refractivity contribution is 5.97. The van der Waals surface area contributed by atoms with Crippen molar-refractivity contribution in [2.75, 3.05) is 0 Å². The molecule has 1 fully saturated rings. The first-order valence-electron chi connectivity index (χ1n) is 5.95. The van der Waals surface area contributed by atoms with Gasteiger partial charge in [-0.3, -0.25) is 0 Å². The van der Waals surface area contributed by atoms with E-state index in [4.69, 9.17) is 0 Å². The summed E-state index contributed by atoms with van der Waals surface area (Å²) in [6.07, 6.45) is -3.71. The molecule has 1 saturated carbocycles. The third-order valence-electron chi connectivity index (χ3n) is 3.18. The molecule has 108 valence electrons. The number of carbonyl (C=O) groups excluding carboxylic acids is 2. The first kappa shape index (κ1) is 15.5. The summed E-state index contributed by atoms with van der Waals surface area (Å²) in [4.78, 5) is 21.8. The molecule has 0 aromatic rings. The number of hydrogen-bond acceptors (Lipinski definition) is 4. The first-order valence-corrected chi connectivity index (χ1v) is 5.95. The zero-order valence-electron chi connectivity index (χ0n) is 10.1. The molecule has 0 saturated heterocycles. The Balaban J connectivity index is 3.16. The summed E-state index contributed by atoms with van der Waals surface area (Å²) in [6, 6.07) is 0. The van der Waals surface area contributed by atoms with Gasteiger partial charge in [-0.25, -0.2) is 0 Å². The number of aliphatic carboxylic acids is 2. The van der Waals surface area contributed by atoms with Gasteiger partial charge in [0.25, 0.3) is 0 Å². The van der Waals surface area contributed by atoms with Gasteiger partial charge in [-0.2, -0.15) is 13.2 Å². The summed E-state index contributed by atoms with van der Waals surface area (Å²) < 4.78 is 37.0. The van der Waals surface area contributed by atoms with Crippen molar-refractivity contribution in [3.05, 3.63) is 11.1 Å². The summed E-state index contributed by atoms with van der Waals surface area (Å²) >= 11 is 0. The maximum absolute atomic E-state index is 12.3. The molecule has 0 amide bonds. The standard InChI is InChI=1S/C12H15F3O4/c13-12(14,15)6-8(10(16)17)9(11(18)19)7-4-2-1-3-5-7/h7H,1-6H2,(H,16,17)(H,18,19)/p-2. The molecule has 0 radical (unpaired) electrons. The topological polar surface area (TPSA) is 80.3 Å². The Morgan fingerprint density at radius 2 is 1.53 bits per heavy atom. The molecule has 19 heavy (non-hydrogen) atoms. The van der Waals surface area contributed by atoms with Crippen LogP contribution in [0, 0.1) is 5.92 Å². The summed E-state index contributed by atoms with van der Waals surface area (Å²) in [6.45, 7) is 0. The highest BCUT2D eigenvalue weighted by atomic mass is 19.4. The van der Waals surface area contributed by atoms with E-state index in [9.17, 15) is 33.0 Å². The number of hydrogen-bond donors (Lipinski definition) is 0. The fraction of sp³-hybridized carbons (Fsp3) is 0.667. The minimum Gasteiger partial charge on any atom is -0.545 e. The fourth-order valence-electron chi connectivity index (χ4n) is 2.41. The molecule has 0 heterocycles. The quantitative estimate of drug-likeness (QED) is 0.693. The van der Waals surface area contributed by atoms with Crippen LogP contribution in [0.2, 0.25) is 0 Å². The van der Waals surface area contributed by atoms with Crippen LogP contribution in [-0.4, -0.2) is 18.1 Å². The lowest BCUT2D eigenvalue weighted by molar-refractivity contribution is -0.305. The molecule has 0 spiro atoms. The van der Waals surface area contributed by atoms with Crippen molar-refractivity contribution in [1.82, 2.24) is 0 Å². The van der Waals surface area contributed by atoms with Gasteiger partial charge in [0.05, 0.1) is 18.4 Å². The van der Waals surface area contributed by atoms with Crippen molar-refractivity contribution >= 4 is 11.9 Å². The minimum absolute atomic E-state index is 0.359. The van der Waals surface area contributed by atoms with E-state index >= 15 is 0 Å². The Morgan fingerprint density at radius 1 is 1.00 bits per heavy atom. The molecule has 1 rings (SSSR count). The molecular formula is C12H13F3O4-2. The molecule has 0 aliphatic heterocycles. The maximum atomic E-state index is 12.3. The van der Waals surface area contributed by atoms with Crippen molar-refractivity contribution in [3.63, 3.8) is 0 Å². The van der Waals surface area contributed by atoms with Crippen LogP contribution in [0.5, 0.6) is 0 Å². The van der Waals surface area contributed by atoms with Gasteiger partial charge in [-0.1, -0.05) is 19.3 Å². The number of carboxylic acids is 2. The number of carbonyl (C=O) groups is 2. The number of carboxylic acid groups (broad SMARTS) is 2. The van der Waals surface area contributed by atoms with Crippen LogP contribution < -0.4 is 10.2 Å². The monoisotopic (exact) mass is 278 g/mol. The Morgan fingerprint density at radius 3 is 1.89 bits per heavy atom. The molecule has 1 aliphatic carbocycles. The van der Waals surface area contributed by atoms with E-state index in [0.29, 0.717) is 25.7 Å².